The lowest BCUT2D eigenvalue weighted by Crippen LogP contribution is -2.79. The van der Waals surface area contributed by atoms with Crippen LogP contribution < -0.4 is 5.32 Å². The third-order valence-electron chi connectivity index (χ3n) is 10.2. The molecule has 5 aliphatic rings. The van der Waals surface area contributed by atoms with Crippen LogP contribution >= 0.6 is 23.4 Å². The number of rotatable bonds is 6. The van der Waals surface area contributed by atoms with Crippen LogP contribution in [-0.2, 0) is 23.9 Å². The van der Waals surface area contributed by atoms with Gasteiger partial charge in [-0.1, -0.05) is 93.2 Å². The summed E-state index contributed by atoms with van der Waals surface area (Å²) in [6.45, 7) is 7.88. The molecule has 3 saturated carbocycles. The van der Waals surface area contributed by atoms with Crippen LogP contribution in [0.15, 0.2) is 60.7 Å². The molecule has 2 saturated heterocycles. The van der Waals surface area contributed by atoms with Crippen molar-refractivity contribution in [2.75, 3.05) is 0 Å². The maximum atomic E-state index is 13.8. The van der Waals surface area contributed by atoms with Crippen molar-refractivity contribution in [1.82, 2.24) is 10.2 Å². The van der Waals surface area contributed by atoms with E-state index in [1.165, 1.54) is 11.8 Å². The second kappa shape index (κ2) is 9.87. The molecule has 1 N–H and O–H groups in total. The van der Waals surface area contributed by atoms with E-state index in [1.807, 2.05) is 67.6 Å². The number of carbonyl (C=O) groups excluding carboxylic acids is 4. The highest BCUT2D eigenvalue weighted by atomic mass is 35.5. The monoisotopic (exact) mass is 594 g/mol. The highest BCUT2D eigenvalue weighted by molar-refractivity contribution is 8.14. The van der Waals surface area contributed by atoms with Crippen LogP contribution in [0.25, 0.3) is 0 Å². The van der Waals surface area contributed by atoms with Gasteiger partial charge in [-0.2, -0.15) is 0 Å². The Morgan fingerprint density at radius 3 is 2.12 bits per heavy atom. The predicted molar refractivity (Wildman–Crippen MR) is 157 cm³/mol. The Morgan fingerprint density at radius 2 is 1.59 bits per heavy atom. The summed E-state index contributed by atoms with van der Waals surface area (Å²) < 4.78 is 6.05. The normalized spacial score (nSPS) is 35.2. The van der Waals surface area contributed by atoms with Crippen LogP contribution in [0.2, 0.25) is 0 Å². The molecule has 3 unspecified atom stereocenters. The highest BCUT2D eigenvalue weighted by Crippen LogP contribution is 2.66. The summed E-state index contributed by atoms with van der Waals surface area (Å²) in [5.74, 6) is -0.491. The molecule has 0 spiro atoms. The minimum atomic E-state index is -1.69. The number of nitrogens with one attached hydrogen (secondary N) is 1. The number of nitrogens with zero attached hydrogens (tertiary/aromatic N) is 1. The molecule has 2 aliphatic heterocycles. The van der Waals surface area contributed by atoms with Crippen LogP contribution in [0.4, 0.5) is 0 Å². The van der Waals surface area contributed by atoms with Gasteiger partial charge in [0.1, 0.15) is 16.3 Å². The van der Waals surface area contributed by atoms with Crippen LogP contribution in [0, 0.1) is 22.7 Å². The van der Waals surface area contributed by atoms with Crippen LogP contribution in [-0.4, -0.2) is 50.1 Å². The molecule has 0 aromatic heterocycles. The molecular formula is C32H35ClN2O5S. The molecule has 216 valence electrons. The Hall–Kier alpha value is -2.84. The highest BCUT2D eigenvalue weighted by Gasteiger charge is 2.67. The topological polar surface area (TPSA) is 92.8 Å². The molecule has 2 aromatic carbocycles. The number of hydrogen-bond acceptors (Lipinski definition) is 6. The summed E-state index contributed by atoms with van der Waals surface area (Å²) >= 11 is 7.62. The van der Waals surface area contributed by atoms with E-state index in [1.54, 1.807) is 0 Å². The second-order valence-electron chi connectivity index (χ2n) is 12.9. The average molecular weight is 595 g/mol. The molecule has 2 heterocycles. The number of ether oxygens (including phenoxy) is 1. The van der Waals surface area contributed by atoms with Crippen LogP contribution in [0.5, 0.6) is 0 Å². The molecule has 7 nitrogen and oxygen atoms in total. The van der Waals surface area contributed by atoms with Gasteiger partial charge in [0.25, 0.3) is 0 Å². The van der Waals surface area contributed by atoms with Crippen molar-refractivity contribution in [2.24, 2.45) is 22.7 Å². The van der Waals surface area contributed by atoms with E-state index in [0.717, 1.165) is 42.2 Å². The Kier molecular flexibility index (Phi) is 6.81. The summed E-state index contributed by atoms with van der Waals surface area (Å²) in [6.07, 6.45) is 2.01. The first-order valence-corrected chi connectivity index (χ1v) is 15.5. The van der Waals surface area contributed by atoms with E-state index in [0.29, 0.717) is 5.92 Å². The van der Waals surface area contributed by atoms with Crippen molar-refractivity contribution in [3.05, 3.63) is 71.8 Å². The third kappa shape index (κ3) is 4.32. The molecule has 0 radical (unpaired) electrons. The fraction of sp³-hybridized carbons (Fsp3) is 0.500. The lowest BCUT2D eigenvalue weighted by atomic mass is 9.41. The number of hydrogen-bond donors (Lipinski definition) is 1. The molecule has 2 bridgehead atoms. The lowest BCUT2D eigenvalue weighted by molar-refractivity contribution is -0.178. The molecule has 3 aliphatic carbocycles. The lowest BCUT2D eigenvalue weighted by Gasteiger charge is -2.64. The number of carbonyl (C=O) groups is 4. The summed E-state index contributed by atoms with van der Waals surface area (Å²) in [7, 11) is 0. The zero-order chi connectivity index (χ0) is 29.3. The maximum Gasteiger partial charge on any atom is 0.332 e. The molecule has 9 heteroatoms. The average Bonchev–Trinajstić information content (AvgIpc) is 2.96. The summed E-state index contributed by atoms with van der Waals surface area (Å²) in [5, 5.41) is 1.80. The molecule has 7 atom stereocenters. The van der Waals surface area contributed by atoms with Gasteiger partial charge in [-0.3, -0.25) is 14.4 Å². The maximum absolute atomic E-state index is 13.8. The number of fused-ring (bicyclic) bond motifs is 3. The fourth-order valence-corrected chi connectivity index (χ4v) is 9.08. The number of halogens is 1. The van der Waals surface area contributed by atoms with Crippen molar-refractivity contribution in [2.45, 2.75) is 75.4 Å². The van der Waals surface area contributed by atoms with Gasteiger partial charge in [-0.15, -0.1) is 11.6 Å². The summed E-state index contributed by atoms with van der Waals surface area (Å²) in [6, 6.07) is 16.3. The van der Waals surface area contributed by atoms with Gasteiger partial charge in [0.15, 0.2) is 12.1 Å². The Balaban J connectivity index is 1.24. The van der Waals surface area contributed by atoms with Gasteiger partial charge in [0.2, 0.25) is 16.9 Å². The molecule has 5 fully saturated rings. The van der Waals surface area contributed by atoms with Crippen molar-refractivity contribution in [3.63, 3.8) is 0 Å². The summed E-state index contributed by atoms with van der Waals surface area (Å²) in [5.41, 5.74) is 0.996. The number of esters is 1. The smallest absolute Gasteiger partial charge is 0.332 e. The number of benzene rings is 2. The van der Waals surface area contributed by atoms with Gasteiger partial charge >= 0.3 is 5.97 Å². The van der Waals surface area contributed by atoms with E-state index in [2.05, 4.69) is 19.2 Å². The van der Waals surface area contributed by atoms with Gasteiger partial charge in [-0.25, -0.2) is 4.79 Å². The van der Waals surface area contributed by atoms with Gasteiger partial charge in [0, 0.05) is 5.41 Å². The van der Waals surface area contributed by atoms with E-state index >= 15 is 0 Å². The van der Waals surface area contributed by atoms with Crippen molar-refractivity contribution < 1.29 is 23.9 Å². The molecule has 41 heavy (non-hydrogen) atoms. The number of alkyl halides is 1. The van der Waals surface area contributed by atoms with E-state index in [4.69, 9.17) is 16.3 Å². The van der Waals surface area contributed by atoms with Crippen LogP contribution in [0.3, 0.4) is 0 Å². The Labute approximate surface area is 249 Å². The second-order valence-corrected chi connectivity index (χ2v) is 14.7. The van der Waals surface area contributed by atoms with Gasteiger partial charge in [-0.05, 0) is 54.6 Å². The van der Waals surface area contributed by atoms with Gasteiger partial charge < -0.3 is 15.0 Å². The zero-order valence-corrected chi connectivity index (χ0v) is 25.2. The van der Waals surface area contributed by atoms with Crippen molar-refractivity contribution in [1.29, 1.82) is 0 Å². The fourth-order valence-electron chi connectivity index (χ4n) is 7.53. The SMILES string of the molecule is CC1(C(=O)N[C@@H]2C(=O)N3[C@@H](C(=O)OC(c4ccccc4)c4ccccc4)[C@](C)(Cl)C(=O)S[C@@H]23)CCC2CC1C2(C)C. The van der Waals surface area contributed by atoms with Crippen molar-refractivity contribution in [3.8, 4) is 0 Å². The van der Waals surface area contributed by atoms with E-state index < -0.39 is 50.8 Å². The zero-order valence-electron chi connectivity index (χ0n) is 23.6. The van der Waals surface area contributed by atoms with E-state index in [-0.39, 0.29) is 17.2 Å². The first kappa shape index (κ1) is 28.3. The predicted octanol–water partition coefficient (Wildman–Crippen LogP) is 5.07. The Bertz CT molecular complexity index is 1360. The molecule has 2 amide bonds. The number of amides is 2. The first-order valence-electron chi connectivity index (χ1n) is 14.2. The first-order chi connectivity index (χ1) is 19.4. The van der Waals surface area contributed by atoms with Gasteiger partial charge in [0.05, 0.1) is 0 Å². The largest absolute Gasteiger partial charge is 0.451 e. The minimum absolute atomic E-state index is 0.0822. The minimum Gasteiger partial charge on any atom is -0.451 e. The van der Waals surface area contributed by atoms with Crippen molar-refractivity contribution >= 4 is 46.3 Å². The molecule has 2 aromatic rings. The quantitative estimate of drug-likeness (QED) is 0.285. The standard InChI is InChI=1S/C32H35ClN2O5S/c1-30(2)20-15-16-31(3,21(30)17-20)28(38)34-22-25(36)35-24(32(4,33)29(39)41-26(22)35)27(37)40-23(18-11-7-5-8-12-18)19-13-9-6-10-14-19/h5-14,20-24,26H,15-17H2,1-4H3,(H,34,38)/t20?,21?,22-,24+,26+,31?,32+/m1/s1. The molecule has 7 rings (SSSR count). The Morgan fingerprint density at radius 1 is 1.00 bits per heavy atom. The summed E-state index contributed by atoms with van der Waals surface area (Å²) in [4.78, 5) is 54.0. The van der Waals surface area contributed by atoms with Crippen LogP contribution in [0.1, 0.15) is 64.2 Å². The number of β-lactam (4-membered cyclic amide) rings is 1. The van der Waals surface area contributed by atoms with E-state index in [9.17, 15) is 19.2 Å². The third-order valence-corrected chi connectivity index (χ3v) is 12.1. The molecular weight excluding hydrogens is 560 g/mol. The number of thioether (sulfide) groups is 1.